The van der Waals surface area contributed by atoms with E-state index in [-0.39, 0.29) is 0 Å². The highest BCUT2D eigenvalue weighted by Gasteiger charge is 2.14. The molecule has 0 aliphatic rings. The van der Waals surface area contributed by atoms with Gasteiger partial charge in [-0.2, -0.15) is 0 Å². The third kappa shape index (κ3) is 3.10. The highest BCUT2D eigenvalue weighted by Crippen LogP contribution is 2.38. The van der Waals surface area contributed by atoms with E-state index in [0.29, 0.717) is 30.0 Å². The number of carbonyl (C=O) groups is 1. The van der Waals surface area contributed by atoms with E-state index in [1.54, 1.807) is 26.4 Å². The van der Waals surface area contributed by atoms with Crippen LogP contribution in [0.15, 0.2) is 12.1 Å². The molecule has 1 aromatic rings. The van der Waals surface area contributed by atoms with Gasteiger partial charge < -0.3 is 24.7 Å². The molecule has 0 fully saturated rings. The van der Waals surface area contributed by atoms with Crippen LogP contribution in [0.1, 0.15) is 5.56 Å². The molecule has 5 nitrogen and oxygen atoms in total. The fourth-order valence-corrected chi connectivity index (χ4v) is 1.57. The summed E-state index contributed by atoms with van der Waals surface area (Å²) in [5.41, 5.74) is 6.44. The molecule has 0 saturated heterocycles. The summed E-state index contributed by atoms with van der Waals surface area (Å²) in [6, 6.07) is 3.04. The maximum absolute atomic E-state index is 10.5. The first-order chi connectivity index (χ1) is 8.15. The van der Waals surface area contributed by atoms with Crippen LogP contribution in [-0.2, 0) is 11.2 Å². The monoisotopic (exact) mass is 239 g/mol. The van der Waals surface area contributed by atoms with Gasteiger partial charge in [0.15, 0.2) is 11.5 Å². The third-order valence-electron chi connectivity index (χ3n) is 2.37. The molecule has 0 heterocycles. The molecule has 0 unspecified atom stereocenters. The average molecular weight is 239 g/mol. The molecule has 1 atom stereocenters. The minimum atomic E-state index is -0.530. The fraction of sp³-hybridized carbons (Fsp3) is 0.417. The Morgan fingerprint density at radius 3 is 2.06 bits per heavy atom. The number of rotatable bonds is 6. The summed E-state index contributed by atoms with van der Waals surface area (Å²) in [6.07, 6.45) is 1.14. The standard InChI is InChI=1S/C12H17NO4/c1-15-10-5-8(4-9(13)7-14)6-11(16-2)12(10)17-3/h5-7,9H,4,13H2,1-3H3/t9-/m0/s1. The summed E-state index contributed by atoms with van der Waals surface area (Å²) in [7, 11) is 4.62. The van der Waals surface area contributed by atoms with Crippen molar-refractivity contribution in [3.8, 4) is 17.2 Å². The zero-order chi connectivity index (χ0) is 12.8. The van der Waals surface area contributed by atoms with Gasteiger partial charge in [0.1, 0.15) is 6.29 Å². The second kappa shape index (κ2) is 6.10. The van der Waals surface area contributed by atoms with Crippen LogP contribution in [0.5, 0.6) is 17.2 Å². The summed E-state index contributed by atoms with van der Waals surface area (Å²) in [6.45, 7) is 0. The predicted molar refractivity (Wildman–Crippen MR) is 63.8 cm³/mol. The summed E-state index contributed by atoms with van der Waals surface area (Å²) in [5, 5.41) is 0. The van der Waals surface area contributed by atoms with Crippen molar-refractivity contribution in [1.29, 1.82) is 0 Å². The number of hydrogen-bond acceptors (Lipinski definition) is 5. The van der Waals surface area contributed by atoms with Crippen LogP contribution in [0.3, 0.4) is 0 Å². The van der Waals surface area contributed by atoms with Gasteiger partial charge >= 0.3 is 0 Å². The Morgan fingerprint density at radius 1 is 1.18 bits per heavy atom. The predicted octanol–water partition coefficient (Wildman–Crippen LogP) is 0.781. The van der Waals surface area contributed by atoms with Crippen molar-refractivity contribution in [2.24, 2.45) is 5.73 Å². The van der Waals surface area contributed by atoms with E-state index in [4.69, 9.17) is 19.9 Å². The van der Waals surface area contributed by atoms with Crippen LogP contribution in [0.2, 0.25) is 0 Å². The van der Waals surface area contributed by atoms with E-state index in [1.165, 1.54) is 7.11 Å². The lowest BCUT2D eigenvalue weighted by Gasteiger charge is -2.14. The molecule has 0 aliphatic carbocycles. The Morgan fingerprint density at radius 2 is 1.71 bits per heavy atom. The van der Waals surface area contributed by atoms with Crippen molar-refractivity contribution < 1.29 is 19.0 Å². The van der Waals surface area contributed by atoms with E-state index in [2.05, 4.69) is 0 Å². The summed E-state index contributed by atoms with van der Waals surface area (Å²) < 4.78 is 15.6. The number of aldehydes is 1. The molecule has 5 heteroatoms. The average Bonchev–Trinajstić information content (AvgIpc) is 2.37. The van der Waals surface area contributed by atoms with Crippen LogP contribution < -0.4 is 19.9 Å². The zero-order valence-corrected chi connectivity index (χ0v) is 10.2. The van der Waals surface area contributed by atoms with Gasteiger partial charge in [0, 0.05) is 0 Å². The van der Waals surface area contributed by atoms with E-state index >= 15 is 0 Å². The first-order valence-corrected chi connectivity index (χ1v) is 5.16. The van der Waals surface area contributed by atoms with Gasteiger partial charge in [0.2, 0.25) is 5.75 Å². The summed E-state index contributed by atoms with van der Waals surface area (Å²) in [4.78, 5) is 10.5. The van der Waals surface area contributed by atoms with Crippen molar-refractivity contribution >= 4 is 6.29 Å². The minimum absolute atomic E-state index is 0.431. The molecule has 0 aromatic heterocycles. The number of ether oxygens (including phenoxy) is 3. The number of hydrogen-bond donors (Lipinski definition) is 1. The van der Waals surface area contributed by atoms with Gasteiger partial charge in [-0.3, -0.25) is 0 Å². The molecule has 94 valence electrons. The topological polar surface area (TPSA) is 70.8 Å². The van der Waals surface area contributed by atoms with Gasteiger partial charge in [0.05, 0.1) is 27.4 Å². The smallest absolute Gasteiger partial charge is 0.203 e. The lowest BCUT2D eigenvalue weighted by molar-refractivity contribution is -0.108. The lowest BCUT2D eigenvalue weighted by atomic mass is 10.1. The Kier molecular flexibility index (Phi) is 4.78. The zero-order valence-electron chi connectivity index (χ0n) is 10.2. The highest BCUT2D eigenvalue weighted by molar-refractivity contribution is 5.59. The molecule has 0 saturated carbocycles. The van der Waals surface area contributed by atoms with Crippen LogP contribution in [0, 0.1) is 0 Å². The van der Waals surface area contributed by atoms with Crippen molar-refractivity contribution in [3.63, 3.8) is 0 Å². The molecule has 1 rings (SSSR count). The van der Waals surface area contributed by atoms with Crippen LogP contribution >= 0.6 is 0 Å². The molecule has 2 N–H and O–H groups in total. The fourth-order valence-electron chi connectivity index (χ4n) is 1.57. The number of carbonyl (C=O) groups excluding carboxylic acids is 1. The van der Waals surface area contributed by atoms with Crippen molar-refractivity contribution in [1.82, 2.24) is 0 Å². The SMILES string of the molecule is COc1cc(C[C@H](N)C=O)cc(OC)c1OC. The maximum atomic E-state index is 10.5. The van der Waals surface area contributed by atoms with Crippen molar-refractivity contribution in [2.45, 2.75) is 12.5 Å². The Bertz CT molecular complexity index is 367. The molecule has 17 heavy (non-hydrogen) atoms. The van der Waals surface area contributed by atoms with E-state index in [0.717, 1.165) is 5.56 Å². The number of nitrogens with two attached hydrogens (primary N) is 1. The Hall–Kier alpha value is -1.75. The normalized spacial score (nSPS) is 11.8. The van der Waals surface area contributed by atoms with Gasteiger partial charge in [-0.15, -0.1) is 0 Å². The second-order valence-corrected chi connectivity index (χ2v) is 3.54. The van der Waals surface area contributed by atoms with Gasteiger partial charge in [0.25, 0.3) is 0 Å². The van der Waals surface area contributed by atoms with Gasteiger partial charge in [-0.1, -0.05) is 0 Å². The van der Waals surface area contributed by atoms with E-state index < -0.39 is 6.04 Å². The largest absolute Gasteiger partial charge is 0.493 e. The Balaban J connectivity index is 3.12. The Labute approximate surface area is 100 Å². The van der Waals surface area contributed by atoms with Crippen LogP contribution in [0.25, 0.3) is 0 Å². The quantitative estimate of drug-likeness (QED) is 0.743. The van der Waals surface area contributed by atoms with Crippen LogP contribution in [0.4, 0.5) is 0 Å². The van der Waals surface area contributed by atoms with E-state index in [9.17, 15) is 4.79 Å². The number of methoxy groups -OCH3 is 3. The second-order valence-electron chi connectivity index (χ2n) is 3.54. The molecule has 0 radical (unpaired) electrons. The molecule has 1 aromatic carbocycles. The molecular formula is C12H17NO4. The first kappa shape index (κ1) is 13.3. The molecule has 0 amide bonds. The maximum Gasteiger partial charge on any atom is 0.203 e. The van der Waals surface area contributed by atoms with Crippen molar-refractivity contribution in [2.75, 3.05) is 21.3 Å². The first-order valence-electron chi connectivity index (χ1n) is 5.16. The highest BCUT2D eigenvalue weighted by atomic mass is 16.5. The van der Waals surface area contributed by atoms with Crippen LogP contribution in [-0.4, -0.2) is 33.7 Å². The minimum Gasteiger partial charge on any atom is -0.493 e. The van der Waals surface area contributed by atoms with Gasteiger partial charge in [-0.05, 0) is 24.1 Å². The number of benzene rings is 1. The van der Waals surface area contributed by atoms with Gasteiger partial charge in [-0.25, -0.2) is 0 Å². The molecule has 0 aliphatic heterocycles. The van der Waals surface area contributed by atoms with E-state index in [1.807, 2.05) is 0 Å². The summed E-state index contributed by atoms with van der Waals surface area (Å²) in [5.74, 6) is 1.64. The lowest BCUT2D eigenvalue weighted by Crippen LogP contribution is -2.24. The molecule has 0 bridgehead atoms. The summed E-state index contributed by atoms with van der Waals surface area (Å²) >= 11 is 0. The molecule has 0 spiro atoms. The van der Waals surface area contributed by atoms with Crippen molar-refractivity contribution in [3.05, 3.63) is 17.7 Å². The third-order valence-corrected chi connectivity index (χ3v) is 2.37. The molecular weight excluding hydrogens is 222 g/mol.